The number of thioether (sulfide) groups is 1. The first kappa shape index (κ1) is 17.9. The van der Waals surface area contributed by atoms with Gasteiger partial charge in [-0.25, -0.2) is 8.78 Å². The van der Waals surface area contributed by atoms with Gasteiger partial charge >= 0.3 is 0 Å². The lowest BCUT2D eigenvalue weighted by atomic mass is 10.2. The number of hydrogen-bond acceptors (Lipinski definition) is 3. The van der Waals surface area contributed by atoms with Gasteiger partial charge in [0.1, 0.15) is 11.6 Å². The van der Waals surface area contributed by atoms with E-state index in [1.165, 1.54) is 0 Å². The zero-order chi connectivity index (χ0) is 17.5. The Hall–Kier alpha value is -2.41. The van der Waals surface area contributed by atoms with E-state index < -0.39 is 17.5 Å². The summed E-state index contributed by atoms with van der Waals surface area (Å²) in [5.41, 5.74) is 1.63. The standard InChI is InChI=1S/C17H16F2N2O2S/c1-11-3-2-4-13(7-11)20-16(22)9-24-10-17(23)21-15-6-5-12(18)8-14(15)19/h2-8H,9-10H2,1H3,(H,20,22)(H,21,23). The minimum atomic E-state index is -0.842. The lowest BCUT2D eigenvalue weighted by Crippen LogP contribution is -2.19. The van der Waals surface area contributed by atoms with E-state index >= 15 is 0 Å². The van der Waals surface area contributed by atoms with E-state index in [0.29, 0.717) is 11.8 Å². The van der Waals surface area contributed by atoms with Gasteiger partial charge in [0.15, 0.2) is 0 Å². The van der Waals surface area contributed by atoms with E-state index in [1.807, 2.05) is 25.1 Å². The molecule has 0 heterocycles. The molecule has 2 amide bonds. The lowest BCUT2D eigenvalue weighted by Gasteiger charge is -2.07. The number of aryl methyl sites for hydroxylation is 1. The molecule has 0 radical (unpaired) electrons. The van der Waals surface area contributed by atoms with Crippen LogP contribution in [0, 0.1) is 18.6 Å². The molecular formula is C17H16F2N2O2S. The normalized spacial score (nSPS) is 10.3. The Bertz CT molecular complexity index is 753. The Morgan fingerprint density at radius 3 is 2.38 bits per heavy atom. The first-order valence-electron chi connectivity index (χ1n) is 7.13. The van der Waals surface area contributed by atoms with Crippen LogP contribution in [0.25, 0.3) is 0 Å². The third kappa shape index (κ3) is 5.66. The highest BCUT2D eigenvalue weighted by Crippen LogP contribution is 2.15. The van der Waals surface area contributed by atoms with Crippen molar-refractivity contribution in [3.8, 4) is 0 Å². The maximum Gasteiger partial charge on any atom is 0.234 e. The molecule has 0 aliphatic carbocycles. The van der Waals surface area contributed by atoms with Gasteiger partial charge in [-0.15, -0.1) is 11.8 Å². The summed E-state index contributed by atoms with van der Waals surface area (Å²) in [6.07, 6.45) is 0. The minimum absolute atomic E-state index is 0.0158. The zero-order valence-electron chi connectivity index (χ0n) is 12.9. The third-order valence-corrected chi connectivity index (χ3v) is 3.91. The number of carbonyl (C=O) groups excluding carboxylic acids is 2. The van der Waals surface area contributed by atoms with Gasteiger partial charge in [-0.1, -0.05) is 12.1 Å². The van der Waals surface area contributed by atoms with Crippen LogP contribution in [0.4, 0.5) is 20.2 Å². The monoisotopic (exact) mass is 350 g/mol. The van der Waals surface area contributed by atoms with E-state index in [2.05, 4.69) is 10.6 Å². The molecule has 0 fully saturated rings. The Kier molecular flexibility index (Phi) is 6.31. The SMILES string of the molecule is Cc1cccc(NC(=O)CSCC(=O)Nc2ccc(F)cc2F)c1. The predicted molar refractivity (Wildman–Crippen MR) is 92.1 cm³/mol. The van der Waals surface area contributed by atoms with Gasteiger partial charge in [0.05, 0.1) is 17.2 Å². The average molecular weight is 350 g/mol. The molecule has 2 N–H and O–H groups in total. The summed E-state index contributed by atoms with van der Waals surface area (Å²) in [6, 6.07) is 10.3. The maximum atomic E-state index is 13.4. The van der Waals surface area contributed by atoms with Crippen molar-refractivity contribution in [2.24, 2.45) is 0 Å². The van der Waals surface area contributed by atoms with Crippen molar-refractivity contribution in [1.29, 1.82) is 0 Å². The Balaban J connectivity index is 1.75. The summed E-state index contributed by atoms with van der Waals surface area (Å²) in [4.78, 5) is 23.5. The summed E-state index contributed by atoms with van der Waals surface area (Å²) in [6.45, 7) is 1.92. The quantitative estimate of drug-likeness (QED) is 0.837. The highest BCUT2D eigenvalue weighted by atomic mass is 32.2. The molecule has 0 bridgehead atoms. The van der Waals surface area contributed by atoms with Crippen molar-refractivity contribution in [3.05, 3.63) is 59.7 Å². The fraction of sp³-hybridized carbons (Fsp3) is 0.176. The van der Waals surface area contributed by atoms with Crippen LogP contribution in [0.3, 0.4) is 0 Å². The highest BCUT2D eigenvalue weighted by molar-refractivity contribution is 8.00. The van der Waals surface area contributed by atoms with Crippen LogP contribution in [0.1, 0.15) is 5.56 Å². The Morgan fingerprint density at radius 2 is 1.71 bits per heavy atom. The molecule has 0 saturated carbocycles. The van der Waals surface area contributed by atoms with Crippen LogP contribution in [0.15, 0.2) is 42.5 Å². The number of rotatable bonds is 6. The molecule has 0 aromatic heterocycles. The minimum Gasteiger partial charge on any atom is -0.325 e. The van der Waals surface area contributed by atoms with Crippen molar-refractivity contribution in [2.45, 2.75) is 6.92 Å². The van der Waals surface area contributed by atoms with E-state index in [1.54, 1.807) is 6.07 Å². The lowest BCUT2D eigenvalue weighted by molar-refractivity contribution is -0.114. The molecule has 0 spiro atoms. The molecule has 0 unspecified atom stereocenters. The number of anilines is 2. The number of hydrogen-bond donors (Lipinski definition) is 2. The second-order valence-corrected chi connectivity index (χ2v) is 6.07. The smallest absolute Gasteiger partial charge is 0.234 e. The number of halogens is 2. The van der Waals surface area contributed by atoms with E-state index in [0.717, 1.165) is 29.5 Å². The first-order valence-corrected chi connectivity index (χ1v) is 8.28. The summed E-state index contributed by atoms with van der Waals surface area (Å²) in [5, 5.41) is 5.06. The summed E-state index contributed by atoms with van der Waals surface area (Å²) in [5.74, 6) is -2.18. The maximum absolute atomic E-state index is 13.4. The highest BCUT2D eigenvalue weighted by Gasteiger charge is 2.09. The van der Waals surface area contributed by atoms with Gasteiger partial charge in [-0.05, 0) is 36.8 Å². The molecule has 0 saturated heterocycles. The molecule has 24 heavy (non-hydrogen) atoms. The van der Waals surface area contributed by atoms with Gasteiger partial charge in [0.2, 0.25) is 11.8 Å². The third-order valence-electron chi connectivity index (χ3n) is 2.97. The van der Waals surface area contributed by atoms with Crippen molar-refractivity contribution in [3.63, 3.8) is 0 Å². The molecule has 126 valence electrons. The van der Waals surface area contributed by atoms with Crippen molar-refractivity contribution in [1.82, 2.24) is 0 Å². The topological polar surface area (TPSA) is 58.2 Å². The fourth-order valence-corrected chi connectivity index (χ4v) is 2.55. The largest absolute Gasteiger partial charge is 0.325 e. The average Bonchev–Trinajstić information content (AvgIpc) is 2.50. The molecule has 4 nitrogen and oxygen atoms in total. The summed E-state index contributed by atoms with van der Waals surface area (Å²) >= 11 is 1.10. The van der Waals surface area contributed by atoms with Crippen LogP contribution in [0.2, 0.25) is 0 Å². The van der Waals surface area contributed by atoms with Gasteiger partial charge in [0, 0.05) is 11.8 Å². The van der Waals surface area contributed by atoms with E-state index in [4.69, 9.17) is 0 Å². The predicted octanol–water partition coefficient (Wildman–Crippen LogP) is 3.58. The van der Waals surface area contributed by atoms with Gasteiger partial charge in [-0.3, -0.25) is 9.59 Å². The first-order chi connectivity index (χ1) is 11.4. The van der Waals surface area contributed by atoms with Crippen molar-refractivity contribution >= 4 is 35.0 Å². The summed E-state index contributed by atoms with van der Waals surface area (Å²) in [7, 11) is 0. The van der Waals surface area contributed by atoms with Crippen LogP contribution in [-0.4, -0.2) is 23.3 Å². The molecule has 0 atom stereocenters. The number of nitrogens with one attached hydrogen (secondary N) is 2. The van der Waals surface area contributed by atoms with Gasteiger partial charge in [-0.2, -0.15) is 0 Å². The second kappa shape index (κ2) is 8.44. The molecule has 0 aliphatic rings. The van der Waals surface area contributed by atoms with Crippen LogP contribution in [-0.2, 0) is 9.59 Å². The molecule has 2 aromatic carbocycles. The van der Waals surface area contributed by atoms with E-state index in [9.17, 15) is 18.4 Å². The van der Waals surface area contributed by atoms with E-state index in [-0.39, 0.29) is 23.1 Å². The molecular weight excluding hydrogens is 334 g/mol. The van der Waals surface area contributed by atoms with Crippen molar-refractivity contribution in [2.75, 3.05) is 22.1 Å². The van der Waals surface area contributed by atoms with Gasteiger partial charge in [0.25, 0.3) is 0 Å². The van der Waals surface area contributed by atoms with Gasteiger partial charge < -0.3 is 10.6 Å². The molecule has 2 rings (SSSR count). The zero-order valence-corrected chi connectivity index (χ0v) is 13.8. The molecule has 0 aliphatic heterocycles. The van der Waals surface area contributed by atoms with Crippen molar-refractivity contribution < 1.29 is 18.4 Å². The Morgan fingerprint density at radius 1 is 1.00 bits per heavy atom. The summed E-state index contributed by atoms with van der Waals surface area (Å²) < 4.78 is 26.2. The molecule has 7 heteroatoms. The van der Waals surface area contributed by atoms with Crippen LogP contribution < -0.4 is 10.6 Å². The second-order valence-electron chi connectivity index (χ2n) is 5.08. The Labute approximate surface area is 142 Å². The molecule has 2 aromatic rings. The number of benzene rings is 2. The number of amides is 2. The number of carbonyl (C=O) groups is 2. The van der Waals surface area contributed by atoms with Crippen LogP contribution in [0.5, 0.6) is 0 Å². The fourth-order valence-electron chi connectivity index (χ4n) is 1.93. The van der Waals surface area contributed by atoms with Crippen LogP contribution >= 0.6 is 11.8 Å².